The molecular weight excluding hydrogens is 408 g/mol. The van der Waals surface area contributed by atoms with Gasteiger partial charge in [0.1, 0.15) is 0 Å². The Balaban J connectivity index is 1.62. The zero-order chi connectivity index (χ0) is 30.1. The predicted molar refractivity (Wildman–Crippen MR) is 148 cm³/mol. The highest BCUT2D eigenvalue weighted by atomic mass is 14.2. The number of fused-ring (bicyclic) bond motifs is 4. The third-order valence-electron chi connectivity index (χ3n) is 6.83. The van der Waals surface area contributed by atoms with Gasteiger partial charge in [-0.25, -0.2) is 0 Å². The highest BCUT2D eigenvalue weighted by Gasteiger charge is 2.14. The summed E-state index contributed by atoms with van der Waals surface area (Å²) >= 11 is 0. The number of hydrogen-bond donors (Lipinski definition) is 0. The zero-order valence-corrected chi connectivity index (χ0v) is 17.9. The van der Waals surface area contributed by atoms with Gasteiger partial charge in [0.2, 0.25) is 0 Å². The first-order valence-electron chi connectivity index (χ1n) is 15.6. The molecule has 0 amide bonds. The Labute approximate surface area is 209 Å². The number of rotatable bonds is 1. The summed E-state index contributed by atoms with van der Waals surface area (Å²) in [6, 6.07) is 18.8. The van der Waals surface area contributed by atoms with Gasteiger partial charge in [0.15, 0.2) is 0 Å². The smallest absolute Gasteiger partial charge is 0.0616 e. The summed E-state index contributed by atoms with van der Waals surface area (Å²) in [5.74, 6) is 0. The number of hydrogen-bond acceptors (Lipinski definition) is 0. The summed E-state index contributed by atoms with van der Waals surface area (Å²) < 4.78 is 79.3. The Kier molecular flexibility index (Phi) is 2.24. The summed E-state index contributed by atoms with van der Waals surface area (Å²) in [6.07, 6.45) is 0. The fourth-order valence-corrected chi connectivity index (χ4v) is 5.26. The second kappa shape index (κ2) is 6.56. The van der Waals surface area contributed by atoms with Gasteiger partial charge in [0.25, 0.3) is 0 Å². The van der Waals surface area contributed by atoms with E-state index in [-0.39, 0.29) is 74.1 Å². The van der Waals surface area contributed by atoms with Crippen molar-refractivity contribution in [2.45, 2.75) is 0 Å². The maximum absolute atomic E-state index is 9.17. The van der Waals surface area contributed by atoms with Crippen LogP contribution in [-0.4, -0.2) is 0 Å². The minimum atomic E-state index is -0.479. The lowest BCUT2D eigenvalue weighted by Gasteiger charge is -2.16. The average molecular weight is 438 g/mol. The highest BCUT2D eigenvalue weighted by Crippen LogP contribution is 2.41. The van der Waals surface area contributed by atoms with Crippen molar-refractivity contribution in [3.8, 4) is 11.1 Å². The summed E-state index contributed by atoms with van der Waals surface area (Å²) in [7, 11) is 0. The Hall–Kier alpha value is -4.42. The van der Waals surface area contributed by atoms with Crippen LogP contribution in [-0.2, 0) is 0 Å². The van der Waals surface area contributed by atoms with E-state index in [0.717, 1.165) is 32.3 Å². The van der Waals surface area contributed by atoms with Crippen molar-refractivity contribution in [3.05, 3.63) is 121 Å². The second-order valence-electron chi connectivity index (χ2n) is 8.64. The lowest BCUT2D eigenvalue weighted by Crippen LogP contribution is -1.88. The van der Waals surface area contributed by atoms with E-state index >= 15 is 0 Å². The fraction of sp³-hybridized carbons (Fsp3) is 0. The van der Waals surface area contributed by atoms with Gasteiger partial charge in [-0.15, -0.1) is 0 Å². The van der Waals surface area contributed by atoms with Crippen molar-refractivity contribution < 1.29 is 12.3 Å². The van der Waals surface area contributed by atoms with E-state index in [1.165, 1.54) is 0 Å². The topological polar surface area (TPSA) is 0 Å². The van der Waals surface area contributed by atoms with Gasteiger partial charge in [-0.3, -0.25) is 0 Å². The molecule has 0 atom stereocenters. The Morgan fingerprint density at radius 3 is 1.97 bits per heavy atom. The van der Waals surface area contributed by atoms with Crippen LogP contribution in [0.25, 0.3) is 75.8 Å². The van der Waals surface area contributed by atoms with Gasteiger partial charge in [0.05, 0.1) is 12.3 Å². The Morgan fingerprint density at radius 2 is 1.06 bits per heavy atom. The molecule has 0 aromatic heterocycles. The maximum Gasteiger partial charge on any atom is 0.0630 e. The fourth-order valence-electron chi connectivity index (χ4n) is 5.26. The Bertz CT molecular complexity index is 2530. The molecule has 8 aromatic carbocycles. The standard InChI is InChI=1S/C34H20/c1-2-9-27-21(5-1)11-14-26-20-32-25(19-31(26)27)8-4-10-28(32)29-17-15-24-13-12-22-6-3-7-23-16-18-30(29)34(24)33(22)23/h1-20H/i3D,6D,7D,12D,13D,15D,16D,17D,18D. The van der Waals surface area contributed by atoms with Gasteiger partial charge in [-0.05, 0) is 87.9 Å². The first-order valence-corrected chi connectivity index (χ1v) is 11.1. The molecule has 0 saturated heterocycles. The van der Waals surface area contributed by atoms with E-state index in [1.807, 2.05) is 42.5 Å². The van der Waals surface area contributed by atoms with E-state index < -0.39 is 18.1 Å². The summed E-state index contributed by atoms with van der Waals surface area (Å²) in [5.41, 5.74) is 0.850. The monoisotopic (exact) mass is 437 g/mol. The van der Waals surface area contributed by atoms with E-state index in [4.69, 9.17) is 11.0 Å². The zero-order valence-electron chi connectivity index (χ0n) is 26.9. The van der Waals surface area contributed by atoms with E-state index in [0.29, 0.717) is 5.56 Å². The molecule has 0 bridgehead atoms. The van der Waals surface area contributed by atoms with Crippen molar-refractivity contribution in [3.63, 3.8) is 0 Å². The first-order chi connectivity index (χ1) is 20.6. The quantitative estimate of drug-likeness (QED) is 0.177. The normalized spacial score (nSPS) is 15.8. The van der Waals surface area contributed by atoms with Gasteiger partial charge in [-0.2, -0.15) is 0 Å². The van der Waals surface area contributed by atoms with Crippen LogP contribution in [0.15, 0.2) is 121 Å². The predicted octanol–water partition coefficient (Wildman–Crippen LogP) is 9.71. The van der Waals surface area contributed by atoms with Gasteiger partial charge < -0.3 is 0 Å². The Morgan fingerprint density at radius 1 is 0.382 bits per heavy atom. The van der Waals surface area contributed by atoms with Crippen LogP contribution in [0.3, 0.4) is 0 Å². The maximum atomic E-state index is 9.17. The molecule has 0 heteroatoms. The average Bonchev–Trinajstić information content (AvgIpc) is 3.01. The minimum absolute atomic E-state index is 0.0200. The van der Waals surface area contributed by atoms with Crippen LogP contribution >= 0.6 is 0 Å². The number of benzene rings is 8. The van der Waals surface area contributed by atoms with Crippen molar-refractivity contribution in [2.75, 3.05) is 0 Å². The molecule has 0 saturated carbocycles. The molecule has 0 spiro atoms. The molecule has 0 aliphatic rings. The lowest BCUT2D eigenvalue weighted by atomic mass is 9.88. The molecule has 0 aliphatic carbocycles. The van der Waals surface area contributed by atoms with Crippen LogP contribution in [0.2, 0.25) is 0 Å². The van der Waals surface area contributed by atoms with E-state index in [9.17, 15) is 1.37 Å². The van der Waals surface area contributed by atoms with Gasteiger partial charge in [-0.1, -0.05) is 109 Å². The summed E-state index contributed by atoms with van der Waals surface area (Å²) in [5, 5.41) is 6.39. The van der Waals surface area contributed by atoms with Gasteiger partial charge in [0, 0.05) is 0 Å². The minimum Gasteiger partial charge on any atom is -0.0616 e. The molecule has 0 unspecified atom stereocenters. The van der Waals surface area contributed by atoms with Crippen molar-refractivity contribution >= 4 is 64.6 Å². The summed E-state index contributed by atoms with van der Waals surface area (Å²) in [6.45, 7) is 0. The van der Waals surface area contributed by atoms with Crippen LogP contribution in [0.1, 0.15) is 12.3 Å². The summed E-state index contributed by atoms with van der Waals surface area (Å²) in [4.78, 5) is 0. The highest BCUT2D eigenvalue weighted by molar-refractivity contribution is 6.26. The third-order valence-corrected chi connectivity index (χ3v) is 6.83. The molecule has 0 N–H and O–H groups in total. The molecule has 0 nitrogen and oxygen atoms in total. The molecule has 0 fully saturated rings. The van der Waals surface area contributed by atoms with Crippen LogP contribution in [0.5, 0.6) is 0 Å². The van der Waals surface area contributed by atoms with Crippen LogP contribution in [0, 0.1) is 0 Å². The lowest BCUT2D eigenvalue weighted by molar-refractivity contribution is 1.72. The van der Waals surface area contributed by atoms with E-state index in [1.54, 1.807) is 0 Å². The molecule has 0 radical (unpaired) electrons. The molecular formula is C34H20. The molecule has 8 rings (SSSR count). The van der Waals surface area contributed by atoms with Crippen molar-refractivity contribution in [2.24, 2.45) is 0 Å². The van der Waals surface area contributed by atoms with Gasteiger partial charge >= 0.3 is 0 Å². The SMILES string of the molecule is [2H]c1c([2H])c2c([2H])c([2H])c3c([2H])c([2H])c(-c4cccc5cc6c(ccc7ccccc76)cc45)c4c([2H])c([2H])c(c1[2H])c2c34. The molecule has 0 aliphatic heterocycles. The molecule has 156 valence electrons. The van der Waals surface area contributed by atoms with Crippen LogP contribution in [0.4, 0.5) is 0 Å². The second-order valence-corrected chi connectivity index (χ2v) is 8.64. The molecule has 0 heterocycles. The van der Waals surface area contributed by atoms with Crippen molar-refractivity contribution in [1.82, 2.24) is 0 Å². The largest absolute Gasteiger partial charge is 0.0630 e. The molecule has 8 aromatic rings. The van der Waals surface area contributed by atoms with E-state index in [2.05, 4.69) is 24.3 Å². The molecule has 34 heavy (non-hydrogen) atoms. The first kappa shape index (κ1) is 11.6. The van der Waals surface area contributed by atoms with Crippen molar-refractivity contribution in [1.29, 1.82) is 0 Å². The third kappa shape index (κ3) is 2.37. The van der Waals surface area contributed by atoms with Crippen LogP contribution < -0.4 is 0 Å².